The van der Waals surface area contributed by atoms with Gasteiger partial charge in [0.25, 0.3) is 12.7 Å². The van der Waals surface area contributed by atoms with Gasteiger partial charge >= 0.3 is 0 Å². The molecule has 0 fully saturated rings. The molecule has 140 heavy (non-hydrogen) atoms. The fraction of sp³-hybridized carbons (Fsp3) is 0.0625. The van der Waals surface area contributed by atoms with E-state index in [1.54, 1.807) is 0 Å². The normalized spacial score (nSPS) is 12.4. The molecular formula is C128H92N10Pt2-4. The molecule has 25 rings (SSSR count). The minimum atomic E-state index is -0.0803. The third-order valence-corrected chi connectivity index (χ3v) is 26.9. The van der Waals surface area contributed by atoms with E-state index in [0.717, 1.165) is 218 Å². The predicted molar refractivity (Wildman–Crippen MR) is 566 cm³/mol. The van der Waals surface area contributed by atoms with Crippen LogP contribution in [0, 0.1) is 24.8 Å². The number of nitrogens with zero attached hydrogens (tertiary/aromatic N) is 10. The van der Waals surface area contributed by atoms with Crippen LogP contribution >= 0.6 is 0 Å². The van der Waals surface area contributed by atoms with Crippen molar-refractivity contribution in [1.82, 2.24) is 33.2 Å². The van der Waals surface area contributed by atoms with Crippen LogP contribution in [0.25, 0.3) is 206 Å². The first kappa shape index (κ1) is 89.0. The Morgan fingerprint density at radius 3 is 1.19 bits per heavy atom. The van der Waals surface area contributed by atoms with E-state index in [1.165, 1.54) is 16.5 Å². The van der Waals surface area contributed by atoms with Crippen LogP contribution in [0.2, 0.25) is 0 Å². The van der Waals surface area contributed by atoms with E-state index in [1.807, 2.05) is 12.4 Å². The van der Waals surface area contributed by atoms with Crippen molar-refractivity contribution in [3.8, 4) is 124 Å². The van der Waals surface area contributed by atoms with E-state index in [2.05, 4.69) is 531 Å². The van der Waals surface area contributed by atoms with Gasteiger partial charge in [0.15, 0.2) is 0 Å². The largest absolute Gasteiger partial charge is 0.443 e. The van der Waals surface area contributed by atoms with Crippen LogP contribution in [0.4, 0.5) is 5.82 Å². The first-order valence-electron chi connectivity index (χ1n) is 47.1. The third kappa shape index (κ3) is 15.9. The number of pyridine rings is 3. The summed E-state index contributed by atoms with van der Waals surface area (Å²) in [6.07, 6.45) is 16.0. The summed E-state index contributed by atoms with van der Waals surface area (Å²) < 4.78 is 13.3. The summed E-state index contributed by atoms with van der Waals surface area (Å²) in [5.74, 6) is 2.52. The summed E-state index contributed by atoms with van der Waals surface area (Å²) in [4.78, 5) is 15.6. The fourth-order valence-corrected chi connectivity index (χ4v) is 20.3. The predicted octanol–water partition coefficient (Wildman–Crippen LogP) is 30.8. The number of imidazole rings is 2. The van der Waals surface area contributed by atoms with Gasteiger partial charge in [0, 0.05) is 54.5 Å². The van der Waals surface area contributed by atoms with E-state index < -0.39 is 0 Å². The zero-order valence-corrected chi connectivity index (χ0v) is 82.4. The Balaban J connectivity index is 0.000000161. The molecule has 2 aliphatic heterocycles. The van der Waals surface area contributed by atoms with Crippen LogP contribution in [0.15, 0.2) is 449 Å². The van der Waals surface area contributed by atoms with Crippen molar-refractivity contribution in [3.63, 3.8) is 0 Å². The zero-order valence-electron chi connectivity index (χ0n) is 77.8. The molecule has 0 unspecified atom stereocenters. The van der Waals surface area contributed by atoms with Gasteiger partial charge in [-0.3, -0.25) is 19.1 Å². The summed E-state index contributed by atoms with van der Waals surface area (Å²) in [5, 5.41) is 11.5. The average molecular weight is 2160 g/mol. The summed E-state index contributed by atoms with van der Waals surface area (Å²) >= 11 is 0. The third-order valence-electron chi connectivity index (χ3n) is 26.9. The number of aromatic nitrogens is 9. The Morgan fingerprint density at radius 1 is 0.321 bits per heavy atom. The summed E-state index contributed by atoms with van der Waals surface area (Å²) in [6, 6.07) is 159. The zero-order chi connectivity index (χ0) is 92.7. The van der Waals surface area contributed by atoms with E-state index >= 15 is 0 Å². The van der Waals surface area contributed by atoms with Gasteiger partial charge in [0.05, 0.1) is 45.1 Å². The van der Waals surface area contributed by atoms with Gasteiger partial charge in [-0.15, -0.1) is 59.7 Å². The van der Waals surface area contributed by atoms with Crippen molar-refractivity contribution >= 4 is 83.1 Å². The Hall–Kier alpha value is -16.2. The molecule has 0 spiro atoms. The molecule has 0 saturated carbocycles. The second-order valence-electron chi connectivity index (χ2n) is 37.4. The molecule has 0 radical (unpaired) electrons. The molecule has 6 aromatic heterocycles. The van der Waals surface area contributed by atoms with Crippen molar-refractivity contribution in [2.24, 2.45) is 0 Å². The molecule has 10 nitrogen and oxygen atoms in total. The summed E-state index contributed by atoms with van der Waals surface area (Å²) in [5.41, 5.74) is 35.5. The van der Waals surface area contributed by atoms with Gasteiger partial charge in [0.1, 0.15) is 0 Å². The second kappa shape index (κ2) is 37.0. The molecule has 0 bridgehead atoms. The minimum absolute atomic E-state index is 0. The van der Waals surface area contributed by atoms with Crippen molar-refractivity contribution < 1.29 is 51.3 Å². The van der Waals surface area contributed by atoms with E-state index in [0.29, 0.717) is 0 Å². The molecule has 0 amide bonds. The molecular weight excluding hydrogens is 2070 g/mol. The van der Waals surface area contributed by atoms with Gasteiger partial charge in [-0.05, 0) is 191 Å². The molecule has 12 heteroatoms. The number of allylic oxidation sites excluding steroid dienone is 1. The monoisotopic (exact) mass is 2160 g/mol. The quantitative estimate of drug-likeness (QED) is 0.0757. The second-order valence-corrected chi connectivity index (χ2v) is 37.4. The van der Waals surface area contributed by atoms with Crippen molar-refractivity contribution in [2.45, 2.75) is 52.4 Å². The van der Waals surface area contributed by atoms with Gasteiger partial charge in [-0.1, -0.05) is 440 Å². The van der Waals surface area contributed by atoms with Crippen LogP contribution in [-0.2, 0) is 53.0 Å². The maximum atomic E-state index is 5.82. The maximum Gasteiger partial charge on any atom is 0.268 e. The number of hydrogen-bond donors (Lipinski definition) is 0. The van der Waals surface area contributed by atoms with Gasteiger partial charge in [-0.25, -0.2) is 0 Å². The van der Waals surface area contributed by atoms with Crippen LogP contribution in [0.3, 0.4) is 0 Å². The minimum Gasteiger partial charge on any atom is -0.443 e. The Labute approximate surface area is 843 Å². The average Bonchev–Trinajstić information content (AvgIpc) is 1.55. The number of hydrogen-bond acceptors (Lipinski definition) is 2. The van der Waals surface area contributed by atoms with Crippen molar-refractivity contribution in [3.05, 3.63) is 507 Å². The Bertz CT molecular complexity index is 8680. The maximum absolute atomic E-state index is 5.82. The standard InChI is InChI=1S/C70H51N5.C58H41N5.2Pt/c1-70(2,3)53-43-44-71-65(46-53)75-62-38-17-16-33-59(62)60-41-42-61(72-69(60)75)66(67-55(48-23-8-4-9-24-48)34-21-35-56(67)49-25-10-5-11-26-49)52-31-20-32-54(45-52)73-47-74(64-40-19-18-39-63(64)73)68-57(50-27-12-6-13-28-50)36-22-37-58(68)51-29-14-7-15-30-51;1-58(2,3)41-32-33-59-53(35-41)63-50-29-13-12-25-46(50)49-36-48-45-24-10-11-26-47(45)54(55(48)60-57(49)63)40-22-16-23-42(34-40)61-37-62(52-31-15-14-30-51(52)61)56-43(38-18-6-4-7-19-38)27-17-28-44(56)39-20-8-5-9-21-39;;/h4-44,46H,1-3H3;4-33,35-36H,1-3H3;;/q2*-2;;. The first-order valence-corrected chi connectivity index (χ1v) is 47.1. The van der Waals surface area contributed by atoms with Crippen molar-refractivity contribution in [1.29, 1.82) is 0 Å². The van der Waals surface area contributed by atoms with E-state index in [4.69, 9.17) is 20.3 Å². The molecule has 8 heterocycles. The molecule has 0 saturated heterocycles. The van der Waals surface area contributed by atoms with Crippen LogP contribution < -0.4 is 14.1 Å². The van der Waals surface area contributed by atoms with Gasteiger partial charge in [0.2, 0.25) is 0 Å². The Kier molecular flexibility index (Phi) is 23.5. The van der Waals surface area contributed by atoms with Gasteiger partial charge < -0.3 is 28.6 Å². The fourth-order valence-electron chi connectivity index (χ4n) is 20.3. The number of fused-ring (bicyclic) bond motifs is 11. The smallest absolute Gasteiger partial charge is 0.268 e. The molecule has 678 valence electrons. The van der Waals surface area contributed by atoms with E-state index in [-0.39, 0.29) is 53.0 Å². The Morgan fingerprint density at radius 2 is 0.707 bits per heavy atom. The van der Waals surface area contributed by atoms with Crippen molar-refractivity contribution in [2.75, 3.05) is 0 Å². The molecule has 0 atom stereocenters. The molecule has 1 aliphatic carbocycles. The molecule has 22 aromatic rings. The van der Waals surface area contributed by atoms with Crippen LogP contribution in [0.1, 0.15) is 69.4 Å². The van der Waals surface area contributed by atoms with Crippen LogP contribution in [0.5, 0.6) is 0 Å². The first-order chi connectivity index (χ1) is 67.8. The SMILES string of the molecule is CC(C)(C)c1ccnc(-n2c3c(c4ccccc42)C=CC(=C(c2[c-]c(-n4[c-][n+](-c5c(-c6ccccc6)cccc5-c5ccccc5)c5ccccc54)ccc2)c2c(-c4ccccc4)cccc2-c2ccccc2)[N-]3)c1.CC(C)(C)c1ccnc(-n2c3ccccc3c3cc4c5ccccc5c(-c5[c-]c(-n6[c-][n+](-c7c(-c8ccccc8)cccc7-c7ccccc7)c7ccccc76)ccc5)c-4[n-]c32)c1.[Pt].[Pt]. The van der Waals surface area contributed by atoms with Crippen LogP contribution in [-0.4, -0.2) is 28.2 Å². The number of rotatable bonds is 15. The molecule has 16 aromatic carbocycles. The van der Waals surface area contributed by atoms with E-state index in [9.17, 15) is 0 Å². The molecule has 3 aliphatic rings. The summed E-state index contributed by atoms with van der Waals surface area (Å²) in [7, 11) is 0. The van der Waals surface area contributed by atoms with Gasteiger partial charge in [-0.2, -0.15) is 0 Å². The summed E-state index contributed by atoms with van der Waals surface area (Å²) in [6.45, 7) is 13.5. The number of para-hydroxylation sites is 8. The topological polar surface area (TPSA) is 81.5 Å². The molecule has 0 N–H and O–H groups in total. The number of benzene rings is 16.